The second-order valence-corrected chi connectivity index (χ2v) is 6.05. The molecule has 1 heterocycles. The summed E-state index contributed by atoms with van der Waals surface area (Å²) in [7, 11) is -1.38. The normalized spacial score (nSPS) is 12.1. The van der Waals surface area contributed by atoms with Crippen molar-refractivity contribution < 1.29 is 17.9 Å². The summed E-state index contributed by atoms with van der Waals surface area (Å²) in [4.78, 5) is 11.8. The molecule has 2 rings (SSSR count). The van der Waals surface area contributed by atoms with Crippen LogP contribution in [0.4, 0.5) is 10.1 Å². The molecule has 1 atom stereocenters. The molecule has 0 unspecified atom stereocenters. The van der Waals surface area contributed by atoms with Gasteiger partial charge in [-0.2, -0.15) is 0 Å². The molecule has 1 N–H and O–H groups in total. The van der Waals surface area contributed by atoms with Gasteiger partial charge in [0.15, 0.2) is 0 Å². The van der Waals surface area contributed by atoms with Crippen LogP contribution in [0, 0.1) is 19.7 Å². The van der Waals surface area contributed by atoms with Gasteiger partial charge in [0.2, 0.25) is 5.91 Å². The van der Waals surface area contributed by atoms with Crippen LogP contribution < -0.4 is 5.32 Å². The highest BCUT2D eigenvalue weighted by atomic mass is 32.2. The van der Waals surface area contributed by atoms with Crippen LogP contribution in [0.25, 0.3) is 0 Å². The lowest BCUT2D eigenvalue weighted by atomic mass is 10.2. The zero-order valence-corrected chi connectivity index (χ0v) is 12.5. The molecule has 0 radical (unpaired) electrons. The average molecular weight is 310 g/mol. The van der Waals surface area contributed by atoms with Crippen LogP contribution in [-0.2, 0) is 21.3 Å². The molecule has 0 bridgehead atoms. The number of carbonyl (C=O) groups is 1. The van der Waals surface area contributed by atoms with Crippen LogP contribution in [0.15, 0.2) is 28.8 Å². The average Bonchev–Trinajstić information content (AvgIpc) is 2.70. The molecule has 1 aromatic heterocycles. The van der Waals surface area contributed by atoms with E-state index in [-0.39, 0.29) is 11.5 Å². The van der Waals surface area contributed by atoms with E-state index >= 15 is 0 Å². The molecule has 0 saturated heterocycles. The molecule has 1 amide bonds. The third kappa shape index (κ3) is 4.22. The smallest absolute Gasteiger partial charge is 0.237 e. The number of nitrogens with zero attached hydrogens (tertiary/aromatic N) is 1. The summed E-state index contributed by atoms with van der Waals surface area (Å²) in [6.45, 7) is 3.50. The van der Waals surface area contributed by atoms with Gasteiger partial charge in [0.05, 0.1) is 11.4 Å². The molecule has 0 spiro atoms. The fourth-order valence-corrected chi connectivity index (χ4v) is 3.03. The largest absolute Gasteiger partial charge is 0.361 e. The quantitative estimate of drug-likeness (QED) is 0.920. The summed E-state index contributed by atoms with van der Waals surface area (Å²) in [5, 5.41) is 6.29. The summed E-state index contributed by atoms with van der Waals surface area (Å²) < 4.78 is 30.0. The lowest BCUT2D eigenvalue weighted by Gasteiger charge is -2.05. The van der Waals surface area contributed by atoms with Crippen molar-refractivity contribution in [3.05, 3.63) is 47.1 Å². The molecular formula is C14H15FN2O3S. The number of amides is 1. The molecule has 0 aliphatic carbocycles. The van der Waals surface area contributed by atoms with Gasteiger partial charge in [-0.3, -0.25) is 9.00 Å². The number of hydrogen-bond acceptors (Lipinski definition) is 4. The molecule has 1 aromatic carbocycles. The highest BCUT2D eigenvalue weighted by Gasteiger charge is 2.15. The van der Waals surface area contributed by atoms with Crippen molar-refractivity contribution in [3.63, 3.8) is 0 Å². The minimum absolute atomic E-state index is 0.166. The lowest BCUT2D eigenvalue weighted by molar-refractivity contribution is -0.113. The molecule has 5 nitrogen and oxygen atoms in total. The summed E-state index contributed by atoms with van der Waals surface area (Å²) in [5.74, 6) is -0.222. The van der Waals surface area contributed by atoms with Gasteiger partial charge >= 0.3 is 0 Å². The highest BCUT2D eigenvalue weighted by Crippen LogP contribution is 2.15. The Morgan fingerprint density at radius 3 is 2.81 bits per heavy atom. The fourth-order valence-electron chi connectivity index (χ4n) is 1.83. The first-order valence-electron chi connectivity index (χ1n) is 6.28. The van der Waals surface area contributed by atoms with E-state index in [0.29, 0.717) is 17.1 Å². The predicted molar refractivity (Wildman–Crippen MR) is 77.7 cm³/mol. The number of rotatable bonds is 5. The van der Waals surface area contributed by atoms with Gasteiger partial charge in [0.1, 0.15) is 17.3 Å². The minimum Gasteiger partial charge on any atom is -0.361 e. The Labute approximate surface area is 124 Å². The number of anilines is 1. The predicted octanol–water partition coefficient (Wildman–Crippen LogP) is 2.32. The van der Waals surface area contributed by atoms with Crippen LogP contribution in [0.1, 0.15) is 17.0 Å². The molecule has 21 heavy (non-hydrogen) atoms. The van der Waals surface area contributed by atoms with Crippen LogP contribution in [0.2, 0.25) is 0 Å². The van der Waals surface area contributed by atoms with E-state index < -0.39 is 22.5 Å². The third-order valence-corrected chi connectivity index (χ3v) is 4.08. The lowest BCUT2D eigenvalue weighted by Crippen LogP contribution is -2.20. The maximum atomic E-state index is 13.0. The Balaban J connectivity index is 1.92. The molecule has 7 heteroatoms. The van der Waals surface area contributed by atoms with Crippen LogP contribution in [0.5, 0.6) is 0 Å². The van der Waals surface area contributed by atoms with E-state index in [1.807, 2.05) is 0 Å². The zero-order valence-electron chi connectivity index (χ0n) is 11.7. The molecule has 2 aromatic rings. The molecule has 0 aliphatic heterocycles. The first-order valence-corrected chi connectivity index (χ1v) is 7.76. The van der Waals surface area contributed by atoms with Crippen LogP contribution in [-0.4, -0.2) is 21.0 Å². The van der Waals surface area contributed by atoms with Crippen molar-refractivity contribution in [3.8, 4) is 0 Å². The molecule has 112 valence electrons. The van der Waals surface area contributed by atoms with Crippen molar-refractivity contribution in [2.75, 3.05) is 11.1 Å². The third-order valence-electron chi connectivity index (χ3n) is 2.89. The summed E-state index contributed by atoms with van der Waals surface area (Å²) in [5.41, 5.74) is 1.77. The van der Waals surface area contributed by atoms with Gasteiger partial charge in [0, 0.05) is 22.1 Å². The second kappa shape index (κ2) is 6.62. The second-order valence-electron chi connectivity index (χ2n) is 4.59. The number of nitrogens with one attached hydrogen (secondary N) is 1. The van der Waals surface area contributed by atoms with E-state index in [1.54, 1.807) is 19.9 Å². The monoisotopic (exact) mass is 310 g/mol. The number of benzene rings is 1. The molecular weight excluding hydrogens is 295 g/mol. The maximum absolute atomic E-state index is 13.0. The van der Waals surface area contributed by atoms with Crippen molar-refractivity contribution in [1.29, 1.82) is 0 Å². The molecule has 0 fully saturated rings. The SMILES string of the molecule is Cc1noc(C)c1C[S@@](=O)CC(=O)Nc1cccc(F)c1. The van der Waals surface area contributed by atoms with Gasteiger partial charge in [-0.05, 0) is 32.0 Å². The summed E-state index contributed by atoms with van der Waals surface area (Å²) in [6.07, 6.45) is 0. The van der Waals surface area contributed by atoms with Gasteiger partial charge in [-0.25, -0.2) is 4.39 Å². The summed E-state index contributed by atoms with van der Waals surface area (Å²) >= 11 is 0. The van der Waals surface area contributed by atoms with Crippen LogP contribution in [0.3, 0.4) is 0 Å². The van der Waals surface area contributed by atoms with Gasteiger partial charge < -0.3 is 9.84 Å². The number of aromatic nitrogens is 1. The fraction of sp³-hybridized carbons (Fsp3) is 0.286. The van der Waals surface area contributed by atoms with Gasteiger partial charge in [0.25, 0.3) is 0 Å². The highest BCUT2D eigenvalue weighted by molar-refractivity contribution is 7.85. The first-order chi connectivity index (χ1) is 9.95. The Kier molecular flexibility index (Phi) is 4.85. The van der Waals surface area contributed by atoms with Crippen molar-refractivity contribution in [2.45, 2.75) is 19.6 Å². The van der Waals surface area contributed by atoms with E-state index in [9.17, 15) is 13.4 Å². The minimum atomic E-state index is -1.38. The number of aryl methyl sites for hydroxylation is 2. The van der Waals surface area contributed by atoms with Gasteiger partial charge in [-0.15, -0.1) is 0 Å². The zero-order chi connectivity index (χ0) is 15.4. The number of halogens is 1. The first kappa shape index (κ1) is 15.4. The Hall–Kier alpha value is -2.02. The Morgan fingerprint density at radius 2 is 2.19 bits per heavy atom. The van der Waals surface area contributed by atoms with Crippen LogP contribution >= 0.6 is 0 Å². The summed E-state index contributed by atoms with van der Waals surface area (Å²) in [6, 6.07) is 5.55. The van der Waals surface area contributed by atoms with Gasteiger partial charge in [-0.1, -0.05) is 11.2 Å². The number of carbonyl (C=O) groups excluding carboxylic acids is 1. The molecule has 0 aliphatic rings. The molecule has 0 saturated carbocycles. The van der Waals surface area contributed by atoms with E-state index in [0.717, 1.165) is 5.56 Å². The van der Waals surface area contributed by atoms with E-state index in [4.69, 9.17) is 4.52 Å². The maximum Gasteiger partial charge on any atom is 0.237 e. The Morgan fingerprint density at radius 1 is 1.43 bits per heavy atom. The van der Waals surface area contributed by atoms with Crippen molar-refractivity contribution in [1.82, 2.24) is 5.16 Å². The van der Waals surface area contributed by atoms with Crippen molar-refractivity contribution >= 4 is 22.4 Å². The number of hydrogen-bond donors (Lipinski definition) is 1. The van der Waals surface area contributed by atoms with Crippen molar-refractivity contribution in [2.24, 2.45) is 0 Å². The van der Waals surface area contributed by atoms with E-state index in [2.05, 4.69) is 10.5 Å². The standard InChI is InChI=1S/C14H15FN2O3S/c1-9-13(10(2)20-17-9)7-21(19)8-14(18)16-12-5-3-4-11(15)6-12/h3-6H,7-8H2,1-2H3,(H,16,18)/t21-/m1/s1. The topological polar surface area (TPSA) is 72.2 Å². The van der Waals surface area contributed by atoms with E-state index in [1.165, 1.54) is 18.2 Å². The Bertz CT molecular complexity index is 665.